The van der Waals surface area contributed by atoms with Crippen molar-refractivity contribution in [1.29, 1.82) is 0 Å². The lowest BCUT2D eigenvalue weighted by Gasteiger charge is -2.26. The molecule has 0 fully saturated rings. The molecule has 0 unspecified atom stereocenters. The van der Waals surface area contributed by atoms with E-state index >= 15 is 0 Å². The van der Waals surface area contributed by atoms with Gasteiger partial charge in [-0.05, 0) is 29.0 Å². The van der Waals surface area contributed by atoms with Crippen LogP contribution in [0.1, 0.15) is 16.0 Å². The van der Waals surface area contributed by atoms with Gasteiger partial charge in [-0.3, -0.25) is 4.90 Å². The number of thiophene rings is 1. The molecular weight excluding hydrogens is 214 g/mol. The van der Waals surface area contributed by atoms with Crippen LogP contribution in [0.2, 0.25) is 0 Å². The Morgan fingerprint density at radius 3 is 2.88 bits per heavy atom. The van der Waals surface area contributed by atoms with Crippen LogP contribution in [0.25, 0.3) is 0 Å². The third-order valence-electron chi connectivity index (χ3n) is 3.14. The maximum absolute atomic E-state index is 2.53. The summed E-state index contributed by atoms with van der Waals surface area (Å²) in [5, 5.41) is 2.22. The van der Waals surface area contributed by atoms with Gasteiger partial charge in [0, 0.05) is 24.5 Å². The van der Waals surface area contributed by atoms with Crippen LogP contribution < -0.4 is 0 Å². The van der Waals surface area contributed by atoms with Crippen molar-refractivity contribution >= 4 is 11.3 Å². The molecule has 0 N–H and O–H groups in total. The third-order valence-corrected chi connectivity index (χ3v) is 4.16. The Labute approximate surface area is 100 Å². The van der Waals surface area contributed by atoms with Crippen LogP contribution in [0, 0.1) is 0 Å². The highest BCUT2D eigenvalue weighted by molar-refractivity contribution is 7.10. The van der Waals surface area contributed by atoms with Crippen molar-refractivity contribution in [3.63, 3.8) is 0 Å². The van der Waals surface area contributed by atoms with Crippen LogP contribution in [0.3, 0.4) is 0 Å². The predicted molar refractivity (Wildman–Crippen MR) is 68.6 cm³/mol. The molecule has 0 radical (unpaired) electrons. The summed E-state index contributed by atoms with van der Waals surface area (Å²) in [6.07, 6.45) is 1.22. The second-order valence-electron chi connectivity index (χ2n) is 4.32. The van der Waals surface area contributed by atoms with Gasteiger partial charge in [0.2, 0.25) is 0 Å². The molecule has 0 saturated carbocycles. The van der Waals surface area contributed by atoms with Crippen LogP contribution in [0.5, 0.6) is 0 Å². The molecule has 0 amide bonds. The van der Waals surface area contributed by atoms with Gasteiger partial charge in [0.05, 0.1) is 0 Å². The van der Waals surface area contributed by atoms with E-state index in [9.17, 15) is 0 Å². The number of hydrogen-bond acceptors (Lipinski definition) is 2. The van der Waals surface area contributed by atoms with Gasteiger partial charge in [0.1, 0.15) is 0 Å². The zero-order chi connectivity index (χ0) is 10.8. The summed E-state index contributed by atoms with van der Waals surface area (Å²) in [7, 11) is 0. The van der Waals surface area contributed by atoms with Gasteiger partial charge in [0.25, 0.3) is 0 Å². The Bertz CT molecular complexity index is 461. The van der Waals surface area contributed by atoms with Crippen LogP contribution in [-0.2, 0) is 19.5 Å². The lowest BCUT2D eigenvalue weighted by Crippen LogP contribution is -2.29. The molecule has 1 aromatic carbocycles. The van der Waals surface area contributed by atoms with E-state index in [1.54, 1.807) is 4.88 Å². The minimum absolute atomic E-state index is 1.08. The number of nitrogens with zero attached hydrogens (tertiary/aromatic N) is 1. The molecule has 82 valence electrons. The molecule has 2 aromatic rings. The average Bonchev–Trinajstić information content (AvgIpc) is 2.77. The van der Waals surface area contributed by atoms with E-state index in [1.807, 2.05) is 11.3 Å². The molecule has 0 aliphatic carbocycles. The van der Waals surface area contributed by atoms with Gasteiger partial charge in [-0.15, -0.1) is 11.3 Å². The summed E-state index contributed by atoms with van der Waals surface area (Å²) in [5.41, 5.74) is 2.95. The summed E-state index contributed by atoms with van der Waals surface area (Å²) in [5.74, 6) is 0. The van der Waals surface area contributed by atoms with Crippen LogP contribution in [-0.4, -0.2) is 11.4 Å². The molecule has 2 heteroatoms. The van der Waals surface area contributed by atoms with Crippen LogP contribution in [0.15, 0.2) is 41.8 Å². The predicted octanol–water partition coefficient (Wildman–Crippen LogP) is 3.31. The first-order valence-electron chi connectivity index (χ1n) is 5.73. The summed E-state index contributed by atoms with van der Waals surface area (Å²) in [6.45, 7) is 3.40. The van der Waals surface area contributed by atoms with Gasteiger partial charge >= 0.3 is 0 Å². The summed E-state index contributed by atoms with van der Waals surface area (Å²) in [4.78, 5) is 4.12. The zero-order valence-electron chi connectivity index (χ0n) is 9.23. The molecule has 2 heterocycles. The minimum atomic E-state index is 1.08. The number of rotatable bonds is 2. The van der Waals surface area contributed by atoms with E-state index in [2.05, 4.69) is 46.7 Å². The maximum Gasteiger partial charge on any atom is 0.0248 e. The molecule has 0 saturated heterocycles. The topological polar surface area (TPSA) is 3.24 Å². The molecular formula is C14H15NS. The molecule has 1 aliphatic rings. The third kappa shape index (κ3) is 2.04. The number of fused-ring (bicyclic) bond motifs is 1. The first kappa shape index (κ1) is 10.1. The largest absolute Gasteiger partial charge is 0.294 e. The fourth-order valence-electron chi connectivity index (χ4n) is 2.28. The summed E-state index contributed by atoms with van der Waals surface area (Å²) >= 11 is 1.91. The zero-order valence-corrected chi connectivity index (χ0v) is 10.0. The van der Waals surface area contributed by atoms with E-state index in [-0.39, 0.29) is 0 Å². The summed E-state index contributed by atoms with van der Waals surface area (Å²) < 4.78 is 0. The monoisotopic (exact) mass is 229 g/mol. The van der Waals surface area contributed by atoms with E-state index in [4.69, 9.17) is 0 Å². The first-order chi connectivity index (χ1) is 7.92. The Hall–Kier alpha value is -1.12. The van der Waals surface area contributed by atoms with E-state index < -0.39 is 0 Å². The van der Waals surface area contributed by atoms with Crippen molar-refractivity contribution in [2.45, 2.75) is 19.5 Å². The van der Waals surface area contributed by atoms with Crippen molar-refractivity contribution in [2.75, 3.05) is 6.54 Å². The van der Waals surface area contributed by atoms with Crippen molar-refractivity contribution in [3.8, 4) is 0 Å². The van der Waals surface area contributed by atoms with E-state index in [1.165, 1.54) is 24.1 Å². The standard InChI is InChI=1S/C14H15NS/c1-2-4-12(5-3-1)10-15-8-6-14-13(11-15)7-9-16-14/h1-5,7,9H,6,8,10-11H2. The molecule has 16 heavy (non-hydrogen) atoms. The Morgan fingerprint density at radius 1 is 1.12 bits per heavy atom. The Morgan fingerprint density at radius 2 is 2.00 bits per heavy atom. The highest BCUT2D eigenvalue weighted by atomic mass is 32.1. The van der Waals surface area contributed by atoms with Crippen molar-refractivity contribution in [3.05, 3.63) is 57.8 Å². The van der Waals surface area contributed by atoms with Gasteiger partial charge in [0.15, 0.2) is 0 Å². The Balaban J connectivity index is 1.71. The van der Waals surface area contributed by atoms with E-state index in [0.717, 1.165) is 13.1 Å². The van der Waals surface area contributed by atoms with Gasteiger partial charge in [-0.25, -0.2) is 0 Å². The number of benzene rings is 1. The lowest BCUT2D eigenvalue weighted by atomic mass is 10.1. The highest BCUT2D eigenvalue weighted by Gasteiger charge is 2.16. The van der Waals surface area contributed by atoms with E-state index in [0.29, 0.717) is 0 Å². The van der Waals surface area contributed by atoms with Crippen LogP contribution in [0.4, 0.5) is 0 Å². The molecule has 3 rings (SSSR count). The lowest BCUT2D eigenvalue weighted by molar-refractivity contribution is 0.247. The normalized spacial score (nSPS) is 16.0. The minimum Gasteiger partial charge on any atom is -0.294 e. The van der Waals surface area contributed by atoms with Crippen LogP contribution >= 0.6 is 11.3 Å². The average molecular weight is 229 g/mol. The molecule has 1 aliphatic heterocycles. The smallest absolute Gasteiger partial charge is 0.0248 e. The number of hydrogen-bond donors (Lipinski definition) is 0. The molecule has 0 bridgehead atoms. The molecule has 0 atom stereocenters. The van der Waals surface area contributed by atoms with Gasteiger partial charge in [-0.2, -0.15) is 0 Å². The van der Waals surface area contributed by atoms with Crippen molar-refractivity contribution in [1.82, 2.24) is 4.90 Å². The Kier molecular flexibility index (Phi) is 2.77. The first-order valence-corrected chi connectivity index (χ1v) is 6.61. The SMILES string of the molecule is c1ccc(CN2CCc3sccc3C2)cc1. The molecule has 1 aromatic heterocycles. The fourth-order valence-corrected chi connectivity index (χ4v) is 3.17. The summed E-state index contributed by atoms with van der Waals surface area (Å²) in [6, 6.07) is 13.0. The second kappa shape index (κ2) is 4.40. The molecule has 1 nitrogen and oxygen atoms in total. The van der Waals surface area contributed by atoms with Gasteiger partial charge < -0.3 is 0 Å². The van der Waals surface area contributed by atoms with Gasteiger partial charge in [-0.1, -0.05) is 30.3 Å². The molecule has 0 spiro atoms. The second-order valence-corrected chi connectivity index (χ2v) is 5.32. The van der Waals surface area contributed by atoms with Crippen molar-refractivity contribution < 1.29 is 0 Å². The maximum atomic E-state index is 2.53. The van der Waals surface area contributed by atoms with Crippen molar-refractivity contribution in [2.24, 2.45) is 0 Å². The quantitative estimate of drug-likeness (QED) is 0.763. The highest BCUT2D eigenvalue weighted by Crippen LogP contribution is 2.24. The fraction of sp³-hybridized carbons (Fsp3) is 0.286.